The first-order chi connectivity index (χ1) is 12.2. The lowest BCUT2D eigenvalue weighted by atomic mass is 10.0. The highest BCUT2D eigenvalue weighted by molar-refractivity contribution is 6.05. The Morgan fingerprint density at radius 3 is 2.92 bits per heavy atom. The molecule has 7 heteroatoms. The highest BCUT2D eigenvalue weighted by atomic mass is 16.5. The van der Waals surface area contributed by atoms with Gasteiger partial charge in [0.1, 0.15) is 12.0 Å². The van der Waals surface area contributed by atoms with Crippen LogP contribution in [-0.4, -0.2) is 34.7 Å². The van der Waals surface area contributed by atoms with Crippen molar-refractivity contribution in [3.8, 4) is 0 Å². The van der Waals surface area contributed by atoms with E-state index >= 15 is 0 Å². The average Bonchev–Trinajstić information content (AvgIpc) is 3.16. The first-order valence-electron chi connectivity index (χ1n) is 8.25. The lowest BCUT2D eigenvalue weighted by molar-refractivity contribution is 0.0260. The smallest absolute Gasteiger partial charge is 0.324 e. The Balaban J connectivity index is 1.59. The van der Waals surface area contributed by atoms with Gasteiger partial charge in [-0.25, -0.2) is 9.78 Å². The van der Waals surface area contributed by atoms with E-state index in [1.54, 1.807) is 47.5 Å². The fraction of sp³-hybridized carbons (Fsp3) is 0.278. The van der Waals surface area contributed by atoms with Gasteiger partial charge in [0.05, 0.1) is 12.6 Å². The van der Waals surface area contributed by atoms with E-state index < -0.39 is 6.03 Å². The Kier molecular flexibility index (Phi) is 3.85. The number of hydrogen-bond acceptors (Lipinski definition) is 4. The summed E-state index contributed by atoms with van der Waals surface area (Å²) >= 11 is 0. The van der Waals surface area contributed by atoms with Crippen molar-refractivity contribution < 1.29 is 14.3 Å². The van der Waals surface area contributed by atoms with Crippen LogP contribution in [-0.2, 0) is 4.74 Å². The number of carbonyl (C=O) groups excluding carboxylic acids is 2. The van der Waals surface area contributed by atoms with E-state index in [4.69, 9.17) is 4.74 Å². The molecule has 2 atom stereocenters. The highest BCUT2D eigenvalue weighted by Crippen LogP contribution is 2.44. The lowest BCUT2D eigenvalue weighted by Gasteiger charge is -2.21. The Bertz CT molecular complexity index is 824. The third-order valence-corrected chi connectivity index (χ3v) is 4.50. The van der Waals surface area contributed by atoms with Gasteiger partial charge in [-0.2, -0.15) is 0 Å². The van der Waals surface area contributed by atoms with Gasteiger partial charge in [-0.1, -0.05) is 19.1 Å². The van der Waals surface area contributed by atoms with Crippen molar-refractivity contribution in [3.05, 3.63) is 53.7 Å². The van der Waals surface area contributed by atoms with E-state index in [0.29, 0.717) is 23.7 Å². The summed E-state index contributed by atoms with van der Waals surface area (Å²) in [6.07, 6.45) is 2.13. The summed E-state index contributed by atoms with van der Waals surface area (Å²) in [5, 5.41) is 5.51. The summed E-state index contributed by atoms with van der Waals surface area (Å²) < 4.78 is 5.72. The highest BCUT2D eigenvalue weighted by Gasteiger charge is 2.46. The standard InChI is InChI=1S/C18H18N4O3/c1-2-15-22-13(10-25-15)16-11(17(22)23)6-5-7-12(16)20-18(24)21-14-8-3-4-9-19-14/h3-9,13,15H,2,10H2,1H3,(H2,19,20,21,24). The second kappa shape index (κ2) is 6.18. The second-order valence-electron chi connectivity index (χ2n) is 5.99. The summed E-state index contributed by atoms with van der Waals surface area (Å²) in [5.41, 5.74) is 2.06. The fourth-order valence-electron chi connectivity index (χ4n) is 3.44. The number of hydrogen-bond donors (Lipinski definition) is 2. The number of amides is 3. The number of benzene rings is 1. The number of urea groups is 1. The number of anilines is 2. The van der Waals surface area contributed by atoms with Gasteiger partial charge in [0.25, 0.3) is 5.91 Å². The summed E-state index contributed by atoms with van der Waals surface area (Å²) in [7, 11) is 0. The van der Waals surface area contributed by atoms with Crippen LogP contribution in [0.5, 0.6) is 0 Å². The summed E-state index contributed by atoms with van der Waals surface area (Å²) in [4.78, 5) is 30.8. The molecule has 0 aliphatic carbocycles. The number of aromatic nitrogens is 1. The van der Waals surface area contributed by atoms with E-state index in [9.17, 15) is 9.59 Å². The molecule has 0 spiro atoms. The third-order valence-electron chi connectivity index (χ3n) is 4.50. The molecule has 4 rings (SSSR count). The summed E-state index contributed by atoms with van der Waals surface area (Å²) in [5.74, 6) is 0.415. The van der Waals surface area contributed by atoms with Crippen molar-refractivity contribution in [2.75, 3.05) is 17.2 Å². The van der Waals surface area contributed by atoms with Gasteiger partial charge in [0.2, 0.25) is 0 Å². The van der Waals surface area contributed by atoms with E-state index in [-0.39, 0.29) is 18.2 Å². The first kappa shape index (κ1) is 15.6. The van der Waals surface area contributed by atoms with E-state index in [2.05, 4.69) is 15.6 Å². The molecule has 0 saturated carbocycles. The minimum Gasteiger partial charge on any atom is -0.356 e. The van der Waals surface area contributed by atoms with Gasteiger partial charge in [-0.05, 0) is 30.7 Å². The van der Waals surface area contributed by atoms with Crippen molar-refractivity contribution in [1.29, 1.82) is 0 Å². The topological polar surface area (TPSA) is 83.6 Å². The molecule has 2 aliphatic rings. The maximum atomic E-state index is 12.7. The number of ether oxygens (including phenoxy) is 1. The van der Waals surface area contributed by atoms with Crippen LogP contribution in [0.3, 0.4) is 0 Å². The normalized spacial score (nSPS) is 21.0. The van der Waals surface area contributed by atoms with Gasteiger partial charge in [-0.3, -0.25) is 10.1 Å². The molecule has 7 nitrogen and oxygen atoms in total. The molecule has 1 aromatic heterocycles. The zero-order chi connectivity index (χ0) is 17.4. The van der Waals surface area contributed by atoms with Crippen LogP contribution >= 0.6 is 0 Å². The zero-order valence-electron chi connectivity index (χ0n) is 13.7. The van der Waals surface area contributed by atoms with Crippen LogP contribution in [0.15, 0.2) is 42.6 Å². The molecule has 2 N–H and O–H groups in total. The predicted molar refractivity (Wildman–Crippen MR) is 92.3 cm³/mol. The Labute approximate surface area is 145 Å². The van der Waals surface area contributed by atoms with E-state index in [0.717, 1.165) is 12.0 Å². The molecule has 2 aliphatic heterocycles. The molecule has 1 saturated heterocycles. The van der Waals surface area contributed by atoms with Crippen LogP contribution in [0.4, 0.5) is 16.3 Å². The number of carbonyl (C=O) groups is 2. The Morgan fingerprint density at radius 1 is 1.28 bits per heavy atom. The number of rotatable bonds is 3. The maximum absolute atomic E-state index is 12.7. The molecule has 3 heterocycles. The van der Waals surface area contributed by atoms with Crippen molar-refractivity contribution in [1.82, 2.24) is 9.88 Å². The molecule has 0 radical (unpaired) electrons. The Hall–Kier alpha value is -2.93. The van der Waals surface area contributed by atoms with Crippen molar-refractivity contribution in [2.45, 2.75) is 25.6 Å². The Morgan fingerprint density at radius 2 is 2.16 bits per heavy atom. The summed E-state index contributed by atoms with van der Waals surface area (Å²) in [6.45, 7) is 2.43. The minimum absolute atomic E-state index is 0.0434. The van der Waals surface area contributed by atoms with Crippen LogP contribution in [0.2, 0.25) is 0 Å². The van der Waals surface area contributed by atoms with Crippen LogP contribution < -0.4 is 10.6 Å². The molecule has 1 aromatic carbocycles. The molecule has 2 unspecified atom stereocenters. The fourth-order valence-corrected chi connectivity index (χ4v) is 3.44. The molecule has 0 bridgehead atoms. The zero-order valence-corrected chi connectivity index (χ0v) is 13.7. The van der Waals surface area contributed by atoms with Crippen molar-refractivity contribution in [3.63, 3.8) is 0 Å². The lowest BCUT2D eigenvalue weighted by Crippen LogP contribution is -2.32. The van der Waals surface area contributed by atoms with Gasteiger partial charge >= 0.3 is 6.03 Å². The van der Waals surface area contributed by atoms with E-state index in [1.807, 2.05) is 6.92 Å². The van der Waals surface area contributed by atoms with Crippen molar-refractivity contribution >= 4 is 23.4 Å². The maximum Gasteiger partial charge on any atom is 0.324 e. The number of fused-ring (bicyclic) bond motifs is 3. The van der Waals surface area contributed by atoms with Gasteiger partial charge in [0.15, 0.2) is 0 Å². The van der Waals surface area contributed by atoms with Gasteiger partial charge in [0, 0.05) is 23.0 Å². The van der Waals surface area contributed by atoms with Crippen LogP contribution in [0.25, 0.3) is 0 Å². The van der Waals surface area contributed by atoms with Gasteiger partial charge < -0.3 is 15.0 Å². The first-order valence-corrected chi connectivity index (χ1v) is 8.25. The largest absolute Gasteiger partial charge is 0.356 e. The number of nitrogens with zero attached hydrogens (tertiary/aromatic N) is 2. The number of nitrogens with one attached hydrogen (secondary N) is 2. The number of pyridine rings is 1. The second-order valence-corrected chi connectivity index (χ2v) is 5.99. The molecular formula is C18H18N4O3. The molecule has 2 aromatic rings. The monoisotopic (exact) mass is 338 g/mol. The van der Waals surface area contributed by atoms with Crippen LogP contribution in [0, 0.1) is 0 Å². The quantitative estimate of drug-likeness (QED) is 0.901. The predicted octanol–water partition coefficient (Wildman–Crippen LogP) is 2.99. The molecule has 3 amide bonds. The molecule has 25 heavy (non-hydrogen) atoms. The van der Waals surface area contributed by atoms with Crippen molar-refractivity contribution in [2.24, 2.45) is 0 Å². The van der Waals surface area contributed by atoms with Gasteiger partial charge in [-0.15, -0.1) is 0 Å². The molecule has 1 fully saturated rings. The minimum atomic E-state index is -0.399. The molecular weight excluding hydrogens is 320 g/mol. The molecule has 128 valence electrons. The third kappa shape index (κ3) is 2.62. The summed E-state index contributed by atoms with van der Waals surface area (Å²) in [6, 6.07) is 10.1. The SMILES string of the molecule is CCC1OCC2c3c(NC(=O)Nc4ccccn4)cccc3C(=O)N12. The van der Waals surface area contributed by atoms with Crippen LogP contribution in [0.1, 0.15) is 35.3 Å². The van der Waals surface area contributed by atoms with E-state index in [1.165, 1.54) is 0 Å². The average molecular weight is 338 g/mol.